The summed E-state index contributed by atoms with van der Waals surface area (Å²) in [4.78, 5) is 12.6. The Morgan fingerprint density at radius 2 is 1.77 bits per heavy atom. The van der Waals surface area contributed by atoms with Crippen LogP contribution in [-0.4, -0.2) is 17.6 Å². The van der Waals surface area contributed by atoms with Crippen LogP contribution >= 0.6 is 23.2 Å². The fourth-order valence-corrected chi connectivity index (χ4v) is 3.98. The molecule has 0 bridgehead atoms. The number of nitrogens with one attached hydrogen (secondary N) is 1. The highest BCUT2D eigenvalue weighted by Crippen LogP contribution is 2.37. The Bertz CT molecular complexity index is 1280. The van der Waals surface area contributed by atoms with Gasteiger partial charge < -0.3 is 20.4 Å². The van der Waals surface area contributed by atoms with Gasteiger partial charge in [-0.25, -0.2) is 0 Å². The molecule has 0 aliphatic rings. The quantitative estimate of drug-likeness (QED) is 0.363. The lowest BCUT2D eigenvalue weighted by Gasteiger charge is -2.11. The molecule has 0 spiro atoms. The first-order valence-corrected chi connectivity index (χ1v) is 10.5. The molecule has 1 amide bonds. The molecule has 4 aromatic rings. The molecule has 31 heavy (non-hydrogen) atoms. The van der Waals surface area contributed by atoms with Crippen molar-refractivity contribution in [1.82, 2.24) is 4.57 Å². The molecule has 0 unspecified atom stereocenters. The summed E-state index contributed by atoms with van der Waals surface area (Å²) in [7, 11) is 1.65. The SMILES string of the molecule is CCn1c(-c2ccc(C(=O)Nc3ccc(Cl)c(Cl)c3)cc2)c(N)c2ccc(OC)cc21. The van der Waals surface area contributed by atoms with E-state index in [0.717, 1.165) is 34.5 Å². The second-order valence-corrected chi connectivity index (χ2v) is 7.86. The summed E-state index contributed by atoms with van der Waals surface area (Å²) in [6, 6.07) is 18.2. The number of amides is 1. The van der Waals surface area contributed by atoms with Crippen molar-refractivity contribution in [3.8, 4) is 17.0 Å². The third-order valence-corrected chi connectivity index (χ3v) is 5.96. The zero-order chi connectivity index (χ0) is 22.1. The van der Waals surface area contributed by atoms with Gasteiger partial charge in [0.05, 0.1) is 34.1 Å². The Kier molecular flexibility index (Phi) is 5.81. The van der Waals surface area contributed by atoms with Crippen molar-refractivity contribution in [2.75, 3.05) is 18.2 Å². The molecule has 1 heterocycles. The van der Waals surface area contributed by atoms with Gasteiger partial charge in [-0.05, 0) is 49.4 Å². The Labute approximate surface area is 190 Å². The molecule has 0 aliphatic heterocycles. The summed E-state index contributed by atoms with van der Waals surface area (Å²) >= 11 is 12.0. The van der Waals surface area contributed by atoms with Crippen molar-refractivity contribution in [3.05, 3.63) is 76.3 Å². The third-order valence-electron chi connectivity index (χ3n) is 5.23. The van der Waals surface area contributed by atoms with Crippen LogP contribution in [0.3, 0.4) is 0 Å². The number of hydrogen-bond acceptors (Lipinski definition) is 3. The minimum atomic E-state index is -0.237. The molecule has 5 nitrogen and oxygen atoms in total. The van der Waals surface area contributed by atoms with Crippen LogP contribution in [0.15, 0.2) is 60.7 Å². The number of rotatable bonds is 5. The first-order chi connectivity index (χ1) is 14.9. The van der Waals surface area contributed by atoms with Gasteiger partial charge in [0.2, 0.25) is 0 Å². The molecule has 0 saturated carbocycles. The maximum atomic E-state index is 12.6. The Balaban J connectivity index is 1.66. The van der Waals surface area contributed by atoms with Gasteiger partial charge >= 0.3 is 0 Å². The number of nitrogens with zero attached hydrogens (tertiary/aromatic N) is 1. The molecule has 7 heteroatoms. The van der Waals surface area contributed by atoms with Crippen LogP contribution in [0.4, 0.5) is 11.4 Å². The number of carbonyl (C=O) groups excluding carboxylic acids is 1. The maximum absolute atomic E-state index is 12.6. The van der Waals surface area contributed by atoms with Gasteiger partial charge in [-0.2, -0.15) is 0 Å². The van der Waals surface area contributed by atoms with Crippen LogP contribution in [0.25, 0.3) is 22.2 Å². The minimum Gasteiger partial charge on any atom is -0.497 e. The van der Waals surface area contributed by atoms with Crippen LogP contribution in [-0.2, 0) is 6.54 Å². The topological polar surface area (TPSA) is 69.3 Å². The molecule has 0 radical (unpaired) electrons. The van der Waals surface area contributed by atoms with Gasteiger partial charge in [-0.3, -0.25) is 4.79 Å². The highest BCUT2D eigenvalue weighted by atomic mass is 35.5. The lowest BCUT2D eigenvalue weighted by atomic mass is 10.1. The summed E-state index contributed by atoms with van der Waals surface area (Å²) in [5.74, 6) is 0.541. The van der Waals surface area contributed by atoms with E-state index in [1.165, 1.54) is 0 Å². The largest absolute Gasteiger partial charge is 0.497 e. The second kappa shape index (κ2) is 8.53. The Morgan fingerprint density at radius 3 is 2.42 bits per heavy atom. The zero-order valence-corrected chi connectivity index (χ0v) is 18.6. The molecule has 3 N–H and O–H groups in total. The molecular weight excluding hydrogens is 433 g/mol. The summed E-state index contributed by atoms with van der Waals surface area (Å²) in [5.41, 5.74) is 11.2. The number of aryl methyl sites for hydroxylation is 1. The number of nitrogen functional groups attached to an aromatic ring is 1. The van der Waals surface area contributed by atoms with Crippen LogP contribution in [0.2, 0.25) is 10.0 Å². The van der Waals surface area contributed by atoms with Crippen LogP contribution in [0, 0.1) is 0 Å². The van der Waals surface area contributed by atoms with E-state index in [9.17, 15) is 4.79 Å². The molecule has 0 atom stereocenters. The molecule has 0 fully saturated rings. The van der Waals surface area contributed by atoms with E-state index in [2.05, 4.69) is 16.8 Å². The number of benzene rings is 3. The predicted octanol–water partition coefficient (Wildman–Crippen LogP) is 6.48. The van der Waals surface area contributed by atoms with Gasteiger partial charge in [-0.1, -0.05) is 35.3 Å². The number of halogens is 2. The van der Waals surface area contributed by atoms with Crippen molar-refractivity contribution in [1.29, 1.82) is 0 Å². The van der Waals surface area contributed by atoms with E-state index in [1.807, 2.05) is 30.3 Å². The van der Waals surface area contributed by atoms with Gasteiger partial charge in [0, 0.05) is 34.8 Å². The summed E-state index contributed by atoms with van der Waals surface area (Å²) < 4.78 is 7.52. The molecule has 3 aromatic carbocycles. The molecule has 4 rings (SSSR count). The predicted molar refractivity (Wildman–Crippen MR) is 128 cm³/mol. The number of aromatic nitrogens is 1. The van der Waals surface area contributed by atoms with Gasteiger partial charge in [-0.15, -0.1) is 0 Å². The van der Waals surface area contributed by atoms with Gasteiger partial charge in [0.1, 0.15) is 5.75 Å². The van der Waals surface area contributed by atoms with Crippen molar-refractivity contribution < 1.29 is 9.53 Å². The highest BCUT2D eigenvalue weighted by Gasteiger charge is 2.17. The van der Waals surface area contributed by atoms with Crippen molar-refractivity contribution in [3.63, 3.8) is 0 Å². The zero-order valence-electron chi connectivity index (χ0n) is 17.1. The summed E-state index contributed by atoms with van der Waals surface area (Å²) in [6.45, 7) is 2.82. The monoisotopic (exact) mass is 453 g/mol. The number of methoxy groups -OCH3 is 1. The molecule has 0 aliphatic carbocycles. The number of nitrogens with two attached hydrogens (primary N) is 1. The number of hydrogen-bond donors (Lipinski definition) is 2. The number of ether oxygens (including phenoxy) is 1. The van der Waals surface area contributed by atoms with Crippen molar-refractivity contribution >= 4 is 51.4 Å². The maximum Gasteiger partial charge on any atom is 0.255 e. The normalized spacial score (nSPS) is 11.0. The lowest BCUT2D eigenvalue weighted by Crippen LogP contribution is -2.11. The lowest BCUT2D eigenvalue weighted by molar-refractivity contribution is 0.102. The van der Waals surface area contributed by atoms with Crippen LogP contribution in [0.1, 0.15) is 17.3 Å². The second-order valence-electron chi connectivity index (χ2n) is 7.05. The standard InChI is InChI=1S/C24H21Cl2N3O2/c1-3-29-21-13-17(31-2)9-10-18(21)22(27)23(29)14-4-6-15(7-5-14)24(30)28-16-8-11-19(25)20(26)12-16/h4-13H,3,27H2,1-2H3,(H,28,30). The fraction of sp³-hybridized carbons (Fsp3) is 0.125. The number of anilines is 2. The molecule has 0 saturated heterocycles. The van der Waals surface area contributed by atoms with E-state index in [-0.39, 0.29) is 5.91 Å². The number of fused-ring (bicyclic) bond motifs is 1. The van der Waals surface area contributed by atoms with Crippen molar-refractivity contribution in [2.45, 2.75) is 13.5 Å². The van der Waals surface area contributed by atoms with Gasteiger partial charge in [0.25, 0.3) is 5.91 Å². The Morgan fingerprint density at radius 1 is 1.03 bits per heavy atom. The third kappa shape index (κ3) is 3.94. The van der Waals surface area contributed by atoms with E-state index in [1.54, 1.807) is 37.4 Å². The first-order valence-electron chi connectivity index (χ1n) is 9.75. The highest BCUT2D eigenvalue weighted by molar-refractivity contribution is 6.42. The van der Waals surface area contributed by atoms with Crippen molar-refractivity contribution in [2.24, 2.45) is 0 Å². The fourth-order valence-electron chi connectivity index (χ4n) is 3.68. The average Bonchev–Trinajstić information content (AvgIpc) is 3.07. The molecule has 158 valence electrons. The summed E-state index contributed by atoms with van der Waals surface area (Å²) in [6.07, 6.45) is 0. The van der Waals surface area contributed by atoms with Gasteiger partial charge in [0.15, 0.2) is 0 Å². The molecule has 1 aromatic heterocycles. The van der Waals surface area contributed by atoms with E-state index < -0.39 is 0 Å². The Hall–Kier alpha value is -3.15. The first kappa shape index (κ1) is 21.1. The van der Waals surface area contributed by atoms with E-state index in [4.69, 9.17) is 33.7 Å². The minimum absolute atomic E-state index is 0.237. The van der Waals surface area contributed by atoms with Crippen LogP contribution in [0.5, 0.6) is 5.75 Å². The average molecular weight is 454 g/mol. The van der Waals surface area contributed by atoms with E-state index >= 15 is 0 Å². The van der Waals surface area contributed by atoms with E-state index in [0.29, 0.717) is 27.0 Å². The summed E-state index contributed by atoms with van der Waals surface area (Å²) in [5, 5.41) is 4.62. The molecular formula is C24H21Cl2N3O2. The smallest absolute Gasteiger partial charge is 0.255 e. The van der Waals surface area contributed by atoms with Crippen LogP contribution < -0.4 is 15.8 Å². The number of carbonyl (C=O) groups is 1.